The minimum Gasteiger partial charge on any atom is -0.480 e. The lowest BCUT2D eigenvalue weighted by molar-refractivity contribution is -0.152. The summed E-state index contributed by atoms with van der Waals surface area (Å²) in [5.74, 6) is -3.11. The monoisotopic (exact) mass is 278 g/mol. The minimum atomic E-state index is -1.42. The van der Waals surface area contributed by atoms with Crippen molar-refractivity contribution in [2.45, 2.75) is 12.1 Å². The highest BCUT2D eigenvalue weighted by atomic mass is 16.4. The molecule has 0 bridgehead atoms. The van der Waals surface area contributed by atoms with Crippen LogP contribution >= 0.6 is 0 Å². The molecule has 1 aromatic carbocycles. The van der Waals surface area contributed by atoms with E-state index in [-0.39, 0.29) is 13.1 Å². The summed E-state index contributed by atoms with van der Waals surface area (Å²) in [5.41, 5.74) is 0.338. The Bertz CT molecular complexity index is 531. The zero-order valence-corrected chi connectivity index (χ0v) is 10.5. The minimum absolute atomic E-state index is 0.147. The van der Waals surface area contributed by atoms with Gasteiger partial charge in [-0.25, -0.2) is 4.79 Å². The van der Waals surface area contributed by atoms with Crippen molar-refractivity contribution in [3.05, 3.63) is 35.9 Å². The first kappa shape index (κ1) is 14.0. The summed E-state index contributed by atoms with van der Waals surface area (Å²) < 4.78 is 0. The molecule has 1 aliphatic heterocycles. The lowest BCUT2D eigenvalue weighted by Gasteiger charge is -2.37. The van der Waals surface area contributed by atoms with Crippen molar-refractivity contribution in [1.29, 1.82) is 0 Å². The fourth-order valence-electron chi connectivity index (χ4n) is 2.24. The van der Waals surface area contributed by atoms with Gasteiger partial charge in [0.2, 0.25) is 0 Å². The molecule has 0 saturated carbocycles. The van der Waals surface area contributed by atoms with Crippen LogP contribution in [0.4, 0.5) is 0 Å². The SMILES string of the molecule is O=C(O)[C@@H]1[C@H](C(=O)O)NCCN1C(=O)c1ccccc1. The molecule has 3 N–H and O–H groups in total. The molecule has 1 amide bonds. The van der Waals surface area contributed by atoms with Gasteiger partial charge in [0, 0.05) is 18.7 Å². The summed E-state index contributed by atoms with van der Waals surface area (Å²) >= 11 is 0. The molecule has 2 atom stereocenters. The van der Waals surface area contributed by atoms with Crippen LogP contribution in [0, 0.1) is 0 Å². The van der Waals surface area contributed by atoms with E-state index in [4.69, 9.17) is 5.11 Å². The summed E-state index contributed by atoms with van der Waals surface area (Å²) in [6.45, 7) is 0.383. The molecule has 0 spiro atoms. The highest BCUT2D eigenvalue weighted by Crippen LogP contribution is 2.15. The Kier molecular flexibility index (Phi) is 3.99. The second-order valence-corrected chi connectivity index (χ2v) is 4.42. The first-order chi connectivity index (χ1) is 9.52. The number of hydrogen-bond donors (Lipinski definition) is 3. The third kappa shape index (κ3) is 2.62. The highest BCUT2D eigenvalue weighted by molar-refractivity contribution is 5.98. The second kappa shape index (κ2) is 5.70. The lowest BCUT2D eigenvalue weighted by Crippen LogP contribution is -2.65. The van der Waals surface area contributed by atoms with E-state index >= 15 is 0 Å². The van der Waals surface area contributed by atoms with E-state index in [1.165, 1.54) is 0 Å². The van der Waals surface area contributed by atoms with Gasteiger partial charge < -0.3 is 20.4 Å². The Labute approximate surface area is 114 Å². The molecule has 0 aliphatic carbocycles. The number of carbonyl (C=O) groups is 3. The number of piperazine rings is 1. The van der Waals surface area contributed by atoms with Crippen LogP contribution in [-0.4, -0.2) is 58.1 Å². The van der Waals surface area contributed by atoms with Gasteiger partial charge in [0.15, 0.2) is 6.04 Å². The Morgan fingerprint density at radius 3 is 2.30 bits per heavy atom. The Balaban J connectivity index is 2.31. The van der Waals surface area contributed by atoms with Crippen LogP contribution in [0.5, 0.6) is 0 Å². The third-order valence-corrected chi connectivity index (χ3v) is 3.17. The van der Waals surface area contributed by atoms with E-state index in [2.05, 4.69) is 5.32 Å². The lowest BCUT2D eigenvalue weighted by atomic mass is 10.0. The molecule has 2 rings (SSSR count). The van der Waals surface area contributed by atoms with E-state index in [0.29, 0.717) is 5.56 Å². The van der Waals surface area contributed by atoms with Gasteiger partial charge in [-0.15, -0.1) is 0 Å². The maximum atomic E-state index is 12.3. The molecule has 1 heterocycles. The van der Waals surface area contributed by atoms with Crippen LogP contribution in [0.15, 0.2) is 30.3 Å². The highest BCUT2D eigenvalue weighted by Gasteiger charge is 2.43. The van der Waals surface area contributed by atoms with Crippen LogP contribution in [0.3, 0.4) is 0 Å². The number of hydrogen-bond acceptors (Lipinski definition) is 4. The normalized spacial score (nSPS) is 22.3. The van der Waals surface area contributed by atoms with Crippen molar-refractivity contribution in [3.8, 4) is 0 Å². The standard InChI is InChI=1S/C13H14N2O5/c16-11(8-4-2-1-3-5-8)15-7-6-14-9(12(17)18)10(15)13(19)20/h1-5,9-10,14H,6-7H2,(H,17,18)(H,19,20)/t9-,10+/m1/s1. The van der Waals surface area contributed by atoms with Gasteiger partial charge >= 0.3 is 11.9 Å². The molecule has 20 heavy (non-hydrogen) atoms. The molecule has 1 fully saturated rings. The number of nitrogens with zero attached hydrogens (tertiary/aromatic N) is 1. The van der Waals surface area contributed by atoms with E-state index in [9.17, 15) is 19.5 Å². The third-order valence-electron chi connectivity index (χ3n) is 3.17. The first-order valence-electron chi connectivity index (χ1n) is 6.07. The van der Waals surface area contributed by atoms with Gasteiger partial charge in [-0.1, -0.05) is 18.2 Å². The van der Waals surface area contributed by atoms with Crippen LogP contribution in [0.1, 0.15) is 10.4 Å². The Hall–Kier alpha value is -2.41. The average Bonchev–Trinajstić information content (AvgIpc) is 2.46. The van der Waals surface area contributed by atoms with Crippen molar-refractivity contribution in [2.75, 3.05) is 13.1 Å². The number of amides is 1. The number of benzene rings is 1. The summed E-state index contributed by atoms with van der Waals surface area (Å²) in [5, 5.41) is 20.9. The van der Waals surface area contributed by atoms with Gasteiger partial charge in [-0.05, 0) is 12.1 Å². The number of rotatable bonds is 3. The van der Waals surface area contributed by atoms with E-state index in [1.807, 2.05) is 0 Å². The fourth-order valence-corrected chi connectivity index (χ4v) is 2.24. The summed E-state index contributed by atoms with van der Waals surface area (Å²) in [6, 6.07) is 5.48. The maximum Gasteiger partial charge on any atom is 0.328 e. The van der Waals surface area contributed by atoms with Crippen molar-refractivity contribution >= 4 is 17.8 Å². The zero-order chi connectivity index (χ0) is 14.7. The van der Waals surface area contributed by atoms with Crippen LogP contribution in [-0.2, 0) is 9.59 Å². The molecular formula is C13H14N2O5. The summed E-state index contributed by atoms with van der Waals surface area (Å²) in [6.07, 6.45) is 0. The van der Waals surface area contributed by atoms with Crippen molar-refractivity contribution in [2.24, 2.45) is 0 Å². The molecule has 7 nitrogen and oxygen atoms in total. The second-order valence-electron chi connectivity index (χ2n) is 4.42. The van der Waals surface area contributed by atoms with Crippen LogP contribution in [0.2, 0.25) is 0 Å². The predicted octanol–water partition coefficient (Wildman–Crippen LogP) is -0.362. The number of carboxylic acid groups (broad SMARTS) is 2. The largest absolute Gasteiger partial charge is 0.480 e. The molecule has 1 saturated heterocycles. The summed E-state index contributed by atoms with van der Waals surface area (Å²) in [7, 11) is 0. The van der Waals surface area contributed by atoms with E-state index < -0.39 is 29.9 Å². The molecule has 7 heteroatoms. The van der Waals surface area contributed by atoms with Gasteiger partial charge in [-0.3, -0.25) is 9.59 Å². The van der Waals surface area contributed by atoms with Gasteiger partial charge in [-0.2, -0.15) is 0 Å². The van der Waals surface area contributed by atoms with Crippen molar-refractivity contribution in [3.63, 3.8) is 0 Å². The van der Waals surface area contributed by atoms with E-state index in [0.717, 1.165) is 4.90 Å². The smallest absolute Gasteiger partial charge is 0.328 e. The number of carbonyl (C=O) groups excluding carboxylic acids is 1. The molecule has 106 valence electrons. The van der Waals surface area contributed by atoms with Gasteiger partial charge in [0.1, 0.15) is 6.04 Å². The molecular weight excluding hydrogens is 264 g/mol. The zero-order valence-electron chi connectivity index (χ0n) is 10.5. The first-order valence-corrected chi connectivity index (χ1v) is 6.07. The van der Waals surface area contributed by atoms with Gasteiger partial charge in [0.05, 0.1) is 0 Å². The number of carboxylic acids is 2. The summed E-state index contributed by atoms with van der Waals surface area (Å²) in [4.78, 5) is 35.8. The molecule has 0 radical (unpaired) electrons. The maximum absolute atomic E-state index is 12.3. The molecule has 0 unspecified atom stereocenters. The number of aliphatic carboxylic acids is 2. The predicted molar refractivity (Wildman–Crippen MR) is 68.3 cm³/mol. The topological polar surface area (TPSA) is 107 Å². The van der Waals surface area contributed by atoms with Crippen LogP contribution in [0.25, 0.3) is 0 Å². The average molecular weight is 278 g/mol. The quantitative estimate of drug-likeness (QED) is 0.697. The molecule has 0 aromatic heterocycles. The van der Waals surface area contributed by atoms with Gasteiger partial charge in [0.25, 0.3) is 5.91 Å². The van der Waals surface area contributed by atoms with Crippen LogP contribution < -0.4 is 5.32 Å². The Morgan fingerprint density at radius 1 is 1.10 bits per heavy atom. The fraction of sp³-hybridized carbons (Fsp3) is 0.308. The van der Waals surface area contributed by atoms with Crippen molar-refractivity contribution < 1.29 is 24.6 Å². The molecule has 1 aromatic rings. The molecule has 1 aliphatic rings. The van der Waals surface area contributed by atoms with Crippen molar-refractivity contribution in [1.82, 2.24) is 10.2 Å². The van der Waals surface area contributed by atoms with E-state index in [1.54, 1.807) is 30.3 Å². The number of nitrogens with one attached hydrogen (secondary N) is 1. The Morgan fingerprint density at radius 2 is 1.75 bits per heavy atom.